The van der Waals surface area contributed by atoms with E-state index < -0.39 is 0 Å². The van der Waals surface area contributed by atoms with Crippen LogP contribution in [-0.4, -0.2) is 36.6 Å². The molecule has 0 atom stereocenters. The Morgan fingerprint density at radius 2 is 1.83 bits per heavy atom. The molecule has 30 heavy (non-hydrogen) atoms. The van der Waals surface area contributed by atoms with Crippen molar-refractivity contribution in [1.29, 1.82) is 0 Å². The number of fused-ring (bicyclic) bond motifs is 1. The zero-order chi connectivity index (χ0) is 20.9. The minimum atomic E-state index is -0.333. The number of nitrogens with one attached hydrogen (secondary N) is 1. The van der Waals surface area contributed by atoms with Crippen LogP contribution >= 0.6 is 0 Å². The molecule has 0 saturated carbocycles. The lowest BCUT2D eigenvalue weighted by atomic mass is 10.1. The van der Waals surface area contributed by atoms with Gasteiger partial charge >= 0.3 is 5.69 Å². The second kappa shape index (κ2) is 8.89. The van der Waals surface area contributed by atoms with Crippen molar-refractivity contribution < 1.29 is 4.79 Å². The third-order valence-electron chi connectivity index (χ3n) is 5.13. The fraction of sp³-hybridized carbons (Fsp3) is 0.381. The van der Waals surface area contributed by atoms with E-state index in [1.165, 1.54) is 10.7 Å². The van der Waals surface area contributed by atoms with Crippen molar-refractivity contribution in [2.75, 3.05) is 6.54 Å². The number of hydrogen-bond acceptors (Lipinski definition) is 5. The molecule has 3 heterocycles. The first-order valence-electron chi connectivity index (χ1n) is 10.2. The Kier molecular flexibility index (Phi) is 5.87. The second-order valence-electron chi connectivity index (χ2n) is 7.31. The van der Waals surface area contributed by atoms with Crippen molar-refractivity contribution in [3.05, 3.63) is 69.1 Å². The first kappa shape index (κ1) is 19.8. The van der Waals surface area contributed by atoms with Crippen LogP contribution < -0.4 is 16.6 Å². The van der Waals surface area contributed by atoms with Crippen LogP contribution in [0, 0.1) is 0 Å². The van der Waals surface area contributed by atoms with Crippen LogP contribution in [0.2, 0.25) is 0 Å². The van der Waals surface area contributed by atoms with E-state index in [0.717, 1.165) is 41.9 Å². The summed E-state index contributed by atoms with van der Waals surface area (Å²) in [6.07, 6.45) is 3.48. The summed E-state index contributed by atoms with van der Waals surface area (Å²) in [6.45, 7) is 1.41. The Balaban J connectivity index is 1.31. The van der Waals surface area contributed by atoms with Gasteiger partial charge in [-0.25, -0.2) is 14.2 Å². The molecule has 0 saturated heterocycles. The van der Waals surface area contributed by atoms with Gasteiger partial charge in [-0.1, -0.05) is 30.3 Å². The molecule has 9 nitrogen and oxygen atoms in total. The van der Waals surface area contributed by atoms with Crippen LogP contribution in [0.3, 0.4) is 0 Å². The van der Waals surface area contributed by atoms with Crippen molar-refractivity contribution in [1.82, 2.24) is 29.4 Å². The van der Waals surface area contributed by atoms with E-state index in [1.807, 2.05) is 30.3 Å². The lowest BCUT2D eigenvalue weighted by molar-refractivity contribution is -0.121. The zero-order valence-corrected chi connectivity index (χ0v) is 16.7. The number of carbonyl (C=O) groups excluding carboxylic acids is 1. The summed E-state index contributed by atoms with van der Waals surface area (Å²) in [5, 5.41) is 11.5. The Bertz CT molecular complexity index is 1150. The molecule has 9 heteroatoms. The summed E-state index contributed by atoms with van der Waals surface area (Å²) < 4.78 is 4.37. The average molecular weight is 408 g/mol. The lowest BCUT2D eigenvalue weighted by Crippen LogP contribution is -2.34. The van der Waals surface area contributed by atoms with Gasteiger partial charge in [-0.3, -0.25) is 14.2 Å². The maximum Gasteiger partial charge on any atom is 0.345 e. The van der Waals surface area contributed by atoms with Gasteiger partial charge in [0.1, 0.15) is 12.4 Å². The maximum absolute atomic E-state index is 12.3. The van der Waals surface area contributed by atoms with Crippen LogP contribution in [0.5, 0.6) is 0 Å². The SMILES string of the molecule is O=C(Cn1nc(-c2ccccc2)ccc1=O)NCCCn1nc2n(c1=O)CCCC2. The third-order valence-corrected chi connectivity index (χ3v) is 5.13. The van der Waals surface area contributed by atoms with E-state index in [0.29, 0.717) is 25.2 Å². The van der Waals surface area contributed by atoms with Crippen molar-refractivity contribution in [2.45, 2.75) is 45.3 Å². The molecule has 0 radical (unpaired) electrons. The van der Waals surface area contributed by atoms with Gasteiger partial charge in [0.2, 0.25) is 5.91 Å². The molecular formula is C21H24N6O3. The largest absolute Gasteiger partial charge is 0.354 e. The average Bonchev–Trinajstić information content (AvgIpc) is 3.09. The van der Waals surface area contributed by atoms with Crippen LogP contribution in [0.1, 0.15) is 25.1 Å². The highest BCUT2D eigenvalue weighted by atomic mass is 16.2. The first-order chi connectivity index (χ1) is 14.6. The maximum atomic E-state index is 12.3. The number of benzene rings is 1. The number of aromatic nitrogens is 5. The molecule has 1 amide bonds. The van der Waals surface area contributed by atoms with Gasteiger partial charge in [0.05, 0.1) is 5.69 Å². The van der Waals surface area contributed by atoms with Gasteiger partial charge in [-0.2, -0.15) is 10.2 Å². The van der Waals surface area contributed by atoms with Crippen molar-refractivity contribution in [3.8, 4) is 11.3 Å². The minimum absolute atomic E-state index is 0.0792. The molecule has 0 fully saturated rings. The highest BCUT2D eigenvalue weighted by Gasteiger charge is 2.16. The number of nitrogens with zero attached hydrogens (tertiary/aromatic N) is 5. The van der Waals surface area contributed by atoms with Crippen molar-refractivity contribution in [2.24, 2.45) is 0 Å². The molecule has 4 rings (SSSR count). The normalized spacial score (nSPS) is 13.1. The van der Waals surface area contributed by atoms with Gasteiger partial charge in [-0.05, 0) is 25.3 Å². The first-order valence-corrected chi connectivity index (χ1v) is 10.2. The molecule has 0 aliphatic carbocycles. The summed E-state index contributed by atoms with van der Waals surface area (Å²) in [4.78, 5) is 36.6. The Labute approximate surface area is 173 Å². The molecule has 0 bridgehead atoms. The topological polar surface area (TPSA) is 104 Å². The predicted octanol–water partition coefficient (Wildman–Crippen LogP) is 0.811. The highest BCUT2D eigenvalue weighted by Crippen LogP contribution is 2.14. The molecule has 156 valence electrons. The minimum Gasteiger partial charge on any atom is -0.354 e. The third kappa shape index (κ3) is 4.40. The quantitative estimate of drug-likeness (QED) is 0.583. The molecule has 1 aliphatic heterocycles. The predicted molar refractivity (Wildman–Crippen MR) is 111 cm³/mol. The van der Waals surface area contributed by atoms with Crippen molar-refractivity contribution in [3.63, 3.8) is 0 Å². The van der Waals surface area contributed by atoms with Gasteiger partial charge in [0, 0.05) is 37.7 Å². The monoisotopic (exact) mass is 408 g/mol. The van der Waals surface area contributed by atoms with Gasteiger partial charge in [0.15, 0.2) is 0 Å². The smallest absolute Gasteiger partial charge is 0.345 e. The molecule has 1 aromatic carbocycles. The van der Waals surface area contributed by atoms with Crippen LogP contribution in [0.15, 0.2) is 52.1 Å². The fourth-order valence-corrected chi connectivity index (χ4v) is 3.57. The van der Waals surface area contributed by atoms with Gasteiger partial charge < -0.3 is 5.32 Å². The summed E-state index contributed by atoms with van der Waals surface area (Å²) in [7, 11) is 0. The van der Waals surface area contributed by atoms with E-state index in [9.17, 15) is 14.4 Å². The van der Waals surface area contributed by atoms with E-state index in [4.69, 9.17) is 0 Å². The van der Waals surface area contributed by atoms with E-state index in [1.54, 1.807) is 10.6 Å². The number of rotatable bonds is 7. The summed E-state index contributed by atoms with van der Waals surface area (Å²) in [5.41, 5.74) is 1.09. The van der Waals surface area contributed by atoms with Gasteiger partial charge in [-0.15, -0.1) is 0 Å². The zero-order valence-electron chi connectivity index (χ0n) is 16.7. The van der Waals surface area contributed by atoms with E-state index in [-0.39, 0.29) is 23.7 Å². The number of aryl methyl sites for hydroxylation is 2. The summed E-state index contributed by atoms with van der Waals surface area (Å²) in [6, 6.07) is 12.5. The highest BCUT2D eigenvalue weighted by molar-refractivity contribution is 5.75. The van der Waals surface area contributed by atoms with E-state index in [2.05, 4.69) is 15.5 Å². The number of carbonyl (C=O) groups is 1. The number of hydrogen-bond donors (Lipinski definition) is 1. The molecule has 1 aliphatic rings. The molecule has 0 unspecified atom stereocenters. The fourth-order valence-electron chi connectivity index (χ4n) is 3.57. The van der Waals surface area contributed by atoms with Crippen LogP contribution in [0.4, 0.5) is 0 Å². The Morgan fingerprint density at radius 3 is 2.63 bits per heavy atom. The van der Waals surface area contributed by atoms with Crippen LogP contribution in [-0.2, 0) is 30.8 Å². The molecule has 0 spiro atoms. The Morgan fingerprint density at radius 1 is 1.00 bits per heavy atom. The molecule has 1 N–H and O–H groups in total. The van der Waals surface area contributed by atoms with Crippen LogP contribution in [0.25, 0.3) is 11.3 Å². The summed E-state index contributed by atoms with van der Waals surface area (Å²) in [5.74, 6) is 0.547. The van der Waals surface area contributed by atoms with E-state index >= 15 is 0 Å². The second-order valence-corrected chi connectivity index (χ2v) is 7.31. The molecular weight excluding hydrogens is 384 g/mol. The van der Waals surface area contributed by atoms with Gasteiger partial charge in [0.25, 0.3) is 5.56 Å². The molecule has 2 aromatic heterocycles. The Hall–Kier alpha value is -3.49. The van der Waals surface area contributed by atoms with Crippen molar-refractivity contribution >= 4 is 5.91 Å². The standard InChI is InChI=1S/C21H24N6O3/c28-19(15-27-20(29)11-10-17(23-27)16-7-2-1-3-8-16)22-12-6-14-26-21(30)25-13-5-4-9-18(25)24-26/h1-3,7-8,10-11H,4-6,9,12-15H2,(H,22,28). The molecule has 3 aromatic rings. The lowest BCUT2D eigenvalue weighted by Gasteiger charge is -2.09. The number of amides is 1. The summed E-state index contributed by atoms with van der Waals surface area (Å²) >= 11 is 0.